The van der Waals surface area contributed by atoms with Crippen molar-refractivity contribution in [3.05, 3.63) is 62.9 Å². The maximum absolute atomic E-state index is 10.5. The molecule has 0 spiro atoms. The Labute approximate surface area is 108 Å². The van der Waals surface area contributed by atoms with E-state index in [1.165, 1.54) is 23.6 Å². The molecule has 1 aromatic rings. The maximum atomic E-state index is 10.5. The summed E-state index contributed by atoms with van der Waals surface area (Å²) in [5.74, 6) is 0. The minimum absolute atomic E-state index is 0.217. The third kappa shape index (κ3) is 4.53. The van der Waals surface area contributed by atoms with E-state index in [-0.39, 0.29) is 10.6 Å². The quantitative estimate of drug-likeness (QED) is 0.575. The van der Waals surface area contributed by atoms with Crippen LogP contribution in [0.25, 0.3) is 6.08 Å². The molecule has 0 atom stereocenters. The summed E-state index contributed by atoms with van der Waals surface area (Å²) in [6, 6.07) is 8.16. The van der Waals surface area contributed by atoms with Crippen molar-refractivity contribution in [2.75, 3.05) is 0 Å². The summed E-state index contributed by atoms with van der Waals surface area (Å²) >= 11 is 0. The van der Waals surface area contributed by atoms with Crippen molar-refractivity contribution in [2.24, 2.45) is 0 Å². The summed E-state index contributed by atoms with van der Waals surface area (Å²) in [5, 5.41) is 10.5. The third-order valence-corrected chi connectivity index (χ3v) is 2.64. The van der Waals surface area contributed by atoms with E-state index in [4.69, 9.17) is 0 Å². The Morgan fingerprint density at radius 1 is 1.28 bits per heavy atom. The highest BCUT2D eigenvalue weighted by Gasteiger charge is 2.02. The van der Waals surface area contributed by atoms with E-state index < -0.39 is 0 Å². The summed E-state index contributed by atoms with van der Waals surface area (Å²) in [4.78, 5) is 10.1. The van der Waals surface area contributed by atoms with Gasteiger partial charge < -0.3 is 0 Å². The number of hydrogen-bond donors (Lipinski definition) is 0. The van der Waals surface area contributed by atoms with Gasteiger partial charge in [0.05, 0.1) is 4.92 Å². The summed E-state index contributed by atoms with van der Waals surface area (Å²) in [6.45, 7) is 5.66. The Bertz CT molecular complexity index is 483. The first-order chi connectivity index (χ1) is 8.50. The van der Waals surface area contributed by atoms with Crippen LogP contribution in [-0.4, -0.2) is 4.92 Å². The highest BCUT2D eigenvalue weighted by atomic mass is 16.6. The van der Waals surface area contributed by atoms with E-state index in [1.54, 1.807) is 6.08 Å². The molecule has 0 saturated heterocycles. The van der Waals surface area contributed by atoms with Crippen LogP contribution in [0, 0.1) is 10.1 Å². The molecule has 3 heteroatoms. The minimum Gasteiger partial charge on any atom is -0.259 e. The number of nitro groups is 1. The first-order valence-corrected chi connectivity index (χ1v) is 6.04. The van der Waals surface area contributed by atoms with E-state index in [0.29, 0.717) is 6.42 Å². The monoisotopic (exact) mass is 245 g/mol. The van der Waals surface area contributed by atoms with Crippen LogP contribution in [0.15, 0.2) is 41.6 Å². The number of benzene rings is 1. The maximum Gasteiger partial charge on any atom is 0.239 e. The van der Waals surface area contributed by atoms with Gasteiger partial charge in [-0.1, -0.05) is 35.9 Å². The second-order valence-corrected chi connectivity index (χ2v) is 4.56. The molecule has 1 rings (SSSR count). The Morgan fingerprint density at radius 3 is 2.56 bits per heavy atom. The van der Waals surface area contributed by atoms with E-state index in [0.717, 1.165) is 6.42 Å². The average molecular weight is 245 g/mol. The van der Waals surface area contributed by atoms with Crippen molar-refractivity contribution in [3.63, 3.8) is 0 Å². The van der Waals surface area contributed by atoms with Gasteiger partial charge in [0, 0.05) is 6.92 Å². The summed E-state index contributed by atoms with van der Waals surface area (Å²) in [6.07, 6.45) is 5.34. The predicted octanol–water partition coefficient (Wildman–Crippen LogP) is 4.22. The normalized spacial score (nSPS) is 11.2. The molecule has 0 aliphatic heterocycles. The van der Waals surface area contributed by atoms with Gasteiger partial charge in [-0.3, -0.25) is 10.1 Å². The predicted molar refractivity (Wildman–Crippen MR) is 74.8 cm³/mol. The Kier molecular flexibility index (Phi) is 5.31. The van der Waals surface area contributed by atoms with Crippen LogP contribution in [0.3, 0.4) is 0 Å². The van der Waals surface area contributed by atoms with E-state index in [2.05, 4.69) is 32.1 Å². The molecule has 0 saturated carbocycles. The van der Waals surface area contributed by atoms with Crippen LogP contribution in [0.4, 0.5) is 0 Å². The second-order valence-electron chi connectivity index (χ2n) is 4.56. The number of aryl methyl sites for hydroxylation is 1. The van der Waals surface area contributed by atoms with Gasteiger partial charge in [-0.05, 0) is 43.9 Å². The van der Waals surface area contributed by atoms with Crippen LogP contribution in [0.2, 0.25) is 0 Å². The van der Waals surface area contributed by atoms with Gasteiger partial charge in [0.15, 0.2) is 0 Å². The van der Waals surface area contributed by atoms with E-state index >= 15 is 0 Å². The molecule has 1 aromatic carbocycles. The Morgan fingerprint density at radius 2 is 1.94 bits per heavy atom. The molecule has 0 heterocycles. The smallest absolute Gasteiger partial charge is 0.239 e. The van der Waals surface area contributed by atoms with Crippen LogP contribution in [0.5, 0.6) is 0 Å². The molecule has 0 radical (unpaired) electrons. The van der Waals surface area contributed by atoms with Gasteiger partial charge in [-0.15, -0.1) is 0 Å². The lowest BCUT2D eigenvalue weighted by atomic mass is 10.0. The van der Waals surface area contributed by atoms with Crippen molar-refractivity contribution in [2.45, 2.75) is 33.6 Å². The third-order valence-electron chi connectivity index (χ3n) is 2.64. The molecule has 0 N–H and O–H groups in total. The molecular formula is C15H19NO2. The van der Waals surface area contributed by atoms with Gasteiger partial charge in [-0.2, -0.15) is 0 Å². The fourth-order valence-corrected chi connectivity index (χ4v) is 1.72. The molecule has 18 heavy (non-hydrogen) atoms. The molecule has 0 aromatic heterocycles. The van der Waals surface area contributed by atoms with Gasteiger partial charge in [-0.25, -0.2) is 0 Å². The highest BCUT2D eigenvalue weighted by molar-refractivity contribution is 5.55. The molecule has 0 fully saturated rings. The largest absolute Gasteiger partial charge is 0.259 e. The lowest BCUT2D eigenvalue weighted by Crippen LogP contribution is -1.94. The highest BCUT2D eigenvalue weighted by Crippen LogP contribution is 2.15. The minimum atomic E-state index is -0.345. The Hall–Kier alpha value is -1.90. The van der Waals surface area contributed by atoms with Crippen molar-refractivity contribution in [1.29, 1.82) is 0 Å². The van der Waals surface area contributed by atoms with Gasteiger partial charge in [0.25, 0.3) is 0 Å². The van der Waals surface area contributed by atoms with Crippen molar-refractivity contribution in [1.82, 2.24) is 0 Å². The molecule has 0 bridgehead atoms. The van der Waals surface area contributed by atoms with Crippen molar-refractivity contribution in [3.8, 4) is 0 Å². The molecule has 0 amide bonds. The van der Waals surface area contributed by atoms with Crippen LogP contribution >= 0.6 is 0 Å². The van der Waals surface area contributed by atoms with Crippen LogP contribution in [0.1, 0.15) is 38.3 Å². The Balaban J connectivity index is 2.77. The van der Waals surface area contributed by atoms with Crippen molar-refractivity contribution >= 4 is 6.08 Å². The van der Waals surface area contributed by atoms with Crippen molar-refractivity contribution < 1.29 is 4.92 Å². The lowest BCUT2D eigenvalue weighted by molar-refractivity contribution is -0.424. The molecule has 0 aliphatic rings. The number of nitrogens with zero attached hydrogens (tertiary/aromatic N) is 1. The van der Waals surface area contributed by atoms with Gasteiger partial charge in [0.2, 0.25) is 5.70 Å². The molecule has 3 nitrogen and oxygen atoms in total. The molecule has 0 unspecified atom stereocenters. The second kappa shape index (κ2) is 6.74. The summed E-state index contributed by atoms with van der Waals surface area (Å²) < 4.78 is 0. The number of allylic oxidation sites excluding steroid dienone is 3. The van der Waals surface area contributed by atoms with E-state index in [9.17, 15) is 10.1 Å². The van der Waals surface area contributed by atoms with Gasteiger partial charge in [0.1, 0.15) is 0 Å². The van der Waals surface area contributed by atoms with Crippen LogP contribution < -0.4 is 0 Å². The lowest BCUT2D eigenvalue weighted by Gasteiger charge is -2.04. The molecular weight excluding hydrogens is 226 g/mol. The van der Waals surface area contributed by atoms with E-state index in [1.807, 2.05) is 12.1 Å². The summed E-state index contributed by atoms with van der Waals surface area (Å²) in [5.41, 5.74) is 3.89. The average Bonchev–Trinajstić information content (AvgIpc) is 2.30. The fourth-order valence-electron chi connectivity index (χ4n) is 1.72. The standard InChI is InChI=1S/C15H19NO2/c1-12(2)11-15-9-5-4-8-14(15)10-6-7-13(3)16(17)18/h4-5,7-9,11H,6,10H2,1-3H3/b13-7+. The number of hydrogen-bond acceptors (Lipinski definition) is 2. The zero-order chi connectivity index (χ0) is 13.5. The zero-order valence-electron chi connectivity index (χ0n) is 11.1. The SMILES string of the molecule is CC(C)=Cc1ccccc1CC/C=C(\C)[N+](=O)[O-]. The molecule has 0 aliphatic carbocycles. The topological polar surface area (TPSA) is 43.1 Å². The fraction of sp³-hybridized carbons (Fsp3) is 0.333. The summed E-state index contributed by atoms with van der Waals surface area (Å²) in [7, 11) is 0. The molecule has 96 valence electrons. The van der Waals surface area contributed by atoms with Gasteiger partial charge >= 0.3 is 0 Å². The first kappa shape index (κ1) is 14.2. The zero-order valence-corrected chi connectivity index (χ0v) is 11.1. The number of rotatable bonds is 5. The first-order valence-electron chi connectivity index (χ1n) is 6.04. The van der Waals surface area contributed by atoms with Crippen LogP contribution in [-0.2, 0) is 6.42 Å².